The van der Waals surface area contributed by atoms with E-state index < -0.39 is 0 Å². The van der Waals surface area contributed by atoms with Gasteiger partial charge in [-0.15, -0.1) is 0 Å². The standard InChI is InChI=1S/C14H20/c1-9-6-7-14-10(2)4-5-12(11(14)3)8-13(9)14/h10,12H,3-8H2,1-2H3. The zero-order valence-electron chi connectivity index (χ0n) is 9.40. The molecule has 14 heavy (non-hydrogen) atoms. The molecule has 1 spiro atoms. The fourth-order valence-corrected chi connectivity index (χ4v) is 4.35. The van der Waals surface area contributed by atoms with Crippen LogP contribution in [0.2, 0.25) is 0 Å². The summed E-state index contributed by atoms with van der Waals surface area (Å²) >= 11 is 0. The van der Waals surface area contributed by atoms with E-state index in [0.29, 0.717) is 5.41 Å². The molecule has 0 aromatic rings. The summed E-state index contributed by atoms with van der Waals surface area (Å²) < 4.78 is 0. The molecular formula is C14H20. The van der Waals surface area contributed by atoms with Gasteiger partial charge in [0.25, 0.3) is 0 Å². The van der Waals surface area contributed by atoms with Gasteiger partial charge in [-0.25, -0.2) is 0 Å². The summed E-state index contributed by atoms with van der Waals surface area (Å²) in [4.78, 5) is 0. The molecule has 3 unspecified atom stereocenters. The Morgan fingerprint density at radius 3 is 2.93 bits per heavy atom. The lowest BCUT2D eigenvalue weighted by molar-refractivity contribution is 0.230. The molecule has 3 rings (SSSR count). The van der Waals surface area contributed by atoms with E-state index in [1.807, 2.05) is 0 Å². The summed E-state index contributed by atoms with van der Waals surface area (Å²) in [6, 6.07) is 0. The van der Waals surface area contributed by atoms with Crippen LogP contribution in [-0.2, 0) is 0 Å². The summed E-state index contributed by atoms with van der Waals surface area (Å²) in [6.45, 7) is 9.22. The maximum absolute atomic E-state index is 4.42. The zero-order valence-corrected chi connectivity index (χ0v) is 9.40. The van der Waals surface area contributed by atoms with Gasteiger partial charge < -0.3 is 0 Å². The molecule has 0 N–H and O–H groups in total. The Balaban J connectivity index is 2.18. The molecule has 3 aliphatic carbocycles. The molecule has 0 amide bonds. The van der Waals surface area contributed by atoms with Crippen LogP contribution in [0.4, 0.5) is 0 Å². The van der Waals surface area contributed by atoms with Gasteiger partial charge in [0.2, 0.25) is 0 Å². The molecule has 2 saturated carbocycles. The van der Waals surface area contributed by atoms with Crippen molar-refractivity contribution >= 4 is 0 Å². The normalized spacial score (nSPS) is 46.0. The van der Waals surface area contributed by atoms with Crippen molar-refractivity contribution in [3.63, 3.8) is 0 Å². The fourth-order valence-electron chi connectivity index (χ4n) is 4.35. The first-order valence-electron chi connectivity index (χ1n) is 6.04. The molecule has 0 aliphatic heterocycles. The highest BCUT2D eigenvalue weighted by Crippen LogP contribution is 2.66. The topological polar surface area (TPSA) is 0 Å². The maximum Gasteiger partial charge on any atom is 0.0152 e. The number of allylic oxidation sites excluding steroid dienone is 3. The van der Waals surface area contributed by atoms with Crippen molar-refractivity contribution in [3.05, 3.63) is 23.3 Å². The first-order valence-corrected chi connectivity index (χ1v) is 6.04. The summed E-state index contributed by atoms with van der Waals surface area (Å²) in [5, 5.41) is 0. The Bertz CT molecular complexity index is 334. The monoisotopic (exact) mass is 188 g/mol. The molecule has 3 atom stereocenters. The Labute approximate surface area is 87.1 Å². The Hall–Kier alpha value is -0.520. The fraction of sp³-hybridized carbons (Fsp3) is 0.714. The second-order valence-electron chi connectivity index (χ2n) is 5.63. The molecule has 0 heterocycles. The molecule has 3 aliphatic rings. The summed E-state index contributed by atoms with van der Waals surface area (Å²) in [6.07, 6.45) is 6.91. The molecular weight excluding hydrogens is 168 g/mol. The second-order valence-corrected chi connectivity index (χ2v) is 5.63. The lowest BCUT2D eigenvalue weighted by atomic mass is 9.64. The largest absolute Gasteiger partial charge is 0.0987 e. The van der Waals surface area contributed by atoms with Crippen LogP contribution in [0.15, 0.2) is 23.3 Å². The van der Waals surface area contributed by atoms with Crippen LogP contribution < -0.4 is 0 Å². The van der Waals surface area contributed by atoms with E-state index in [1.54, 1.807) is 16.7 Å². The molecule has 76 valence electrons. The van der Waals surface area contributed by atoms with Crippen LogP contribution in [0.25, 0.3) is 0 Å². The predicted molar refractivity (Wildman–Crippen MR) is 60.0 cm³/mol. The molecule has 0 aromatic carbocycles. The van der Waals surface area contributed by atoms with E-state index in [-0.39, 0.29) is 0 Å². The molecule has 2 bridgehead atoms. The molecule has 0 saturated heterocycles. The highest BCUT2D eigenvalue weighted by Gasteiger charge is 2.54. The van der Waals surface area contributed by atoms with Gasteiger partial charge in [0.15, 0.2) is 0 Å². The number of fused-ring (bicyclic) bond motifs is 1. The van der Waals surface area contributed by atoms with Gasteiger partial charge in [-0.3, -0.25) is 0 Å². The van der Waals surface area contributed by atoms with E-state index in [4.69, 9.17) is 0 Å². The third-order valence-electron chi connectivity index (χ3n) is 5.25. The third-order valence-corrected chi connectivity index (χ3v) is 5.25. The van der Waals surface area contributed by atoms with Gasteiger partial charge in [0.1, 0.15) is 0 Å². The van der Waals surface area contributed by atoms with E-state index in [1.165, 1.54) is 32.1 Å². The Morgan fingerprint density at radius 2 is 2.14 bits per heavy atom. The number of hydrogen-bond donors (Lipinski definition) is 0. The van der Waals surface area contributed by atoms with Crippen molar-refractivity contribution in [3.8, 4) is 0 Å². The lowest BCUT2D eigenvalue weighted by Crippen LogP contribution is -2.31. The van der Waals surface area contributed by atoms with Crippen molar-refractivity contribution in [2.75, 3.05) is 0 Å². The van der Waals surface area contributed by atoms with Gasteiger partial charge >= 0.3 is 0 Å². The first-order chi connectivity index (χ1) is 6.66. The van der Waals surface area contributed by atoms with Gasteiger partial charge in [-0.2, -0.15) is 0 Å². The maximum atomic E-state index is 4.42. The van der Waals surface area contributed by atoms with Crippen LogP contribution in [0.3, 0.4) is 0 Å². The van der Waals surface area contributed by atoms with E-state index >= 15 is 0 Å². The molecule has 0 radical (unpaired) electrons. The van der Waals surface area contributed by atoms with Crippen molar-refractivity contribution in [2.24, 2.45) is 17.3 Å². The van der Waals surface area contributed by atoms with E-state index in [0.717, 1.165) is 11.8 Å². The van der Waals surface area contributed by atoms with Gasteiger partial charge in [-0.1, -0.05) is 30.2 Å². The lowest BCUT2D eigenvalue weighted by Gasteiger charge is -2.40. The van der Waals surface area contributed by atoms with Gasteiger partial charge in [-0.05, 0) is 50.9 Å². The molecule has 0 heteroatoms. The van der Waals surface area contributed by atoms with E-state index in [9.17, 15) is 0 Å². The highest BCUT2D eigenvalue weighted by molar-refractivity contribution is 5.45. The van der Waals surface area contributed by atoms with Crippen molar-refractivity contribution in [1.82, 2.24) is 0 Å². The van der Waals surface area contributed by atoms with Crippen LogP contribution in [-0.4, -0.2) is 0 Å². The first kappa shape index (κ1) is 8.76. The van der Waals surface area contributed by atoms with E-state index in [2.05, 4.69) is 20.4 Å². The number of hydrogen-bond acceptors (Lipinski definition) is 0. The molecule has 0 aromatic heterocycles. The average molecular weight is 188 g/mol. The second kappa shape index (κ2) is 2.53. The zero-order chi connectivity index (χ0) is 9.92. The van der Waals surface area contributed by atoms with Gasteiger partial charge in [0, 0.05) is 5.41 Å². The minimum atomic E-state index is 0.479. The Morgan fingerprint density at radius 1 is 1.36 bits per heavy atom. The highest BCUT2D eigenvalue weighted by atomic mass is 14.6. The average Bonchev–Trinajstić information content (AvgIpc) is 2.56. The third kappa shape index (κ3) is 0.769. The van der Waals surface area contributed by atoms with Crippen molar-refractivity contribution < 1.29 is 0 Å². The minimum Gasteiger partial charge on any atom is -0.0987 e. The quantitative estimate of drug-likeness (QED) is 0.502. The SMILES string of the molecule is C=C1C2CCC(C)C13CCC(C)=C3C2. The van der Waals surface area contributed by atoms with Crippen LogP contribution in [0, 0.1) is 17.3 Å². The van der Waals surface area contributed by atoms with Gasteiger partial charge in [0.05, 0.1) is 0 Å². The van der Waals surface area contributed by atoms with Crippen molar-refractivity contribution in [2.45, 2.75) is 46.0 Å². The molecule has 2 fully saturated rings. The summed E-state index contributed by atoms with van der Waals surface area (Å²) in [7, 11) is 0. The number of rotatable bonds is 0. The Kier molecular flexibility index (Phi) is 1.59. The molecule has 0 nitrogen and oxygen atoms in total. The summed E-state index contributed by atoms with van der Waals surface area (Å²) in [5.74, 6) is 1.71. The van der Waals surface area contributed by atoms with Crippen LogP contribution >= 0.6 is 0 Å². The predicted octanol–water partition coefficient (Wildman–Crippen LogP) is 4.09. The van der Waals surface area contributed by atoms with Crippen LogP contribution in [0.1, 0.15) is 46.0 Å². The van der Waals surface area contributed by atoms with Crippen molar-refractivity contribution in [1.29, 1.82) is 0 Å². The summed E-state index contributed by atoms with van der Waals surface area (Å²) in [5.41, 5.74) is 5.58. The smallest absolute Gasteiger partial charge is 0.0152 e. The van der Waals surface area contributed by atoms with Crippen LogP contribution in [0.5, 0.6) is 0 Å². The minimum absolute atomic E-state index is 0.479.